The molecule has 0 bridgehead atoms. The molecule has 0 aliphatic carbocycles. The summed E-state index contributed by atoms with van der Waals surface area (Å²) in [5, 5.41) is 11.2. The van der Waals surface area contributed by atoms with Crippen LogP contribution in [0.1, 0.15) is 15.9 Å². The van der Waals surface area contributed by atoms with E-state index in [-0.39, 0.29) is 0 Å². The highest BCUT2D eigenvalue weighted by atomic mass is 32.2. The standard InChI is InChI=1S/C10H8O2S4/c1-4-6-8(15-2-13-6)5(10(11)12)9-7(4)14-3-16-9/h2-3H2,1H3,(H,11,12). The first-order valence-electron chi connectivity index (χ1n) is 4.65. The number of rotatable bonds is 1. The molecule has 1 N–H and O–H groups in total. The average molecular weight is 288 g/mol. The van der Waals surface area contributed by atoms with Gasteiger partial charge in [0.1, 0.15) is 0 Å². The minimum Gasteiger partial charge on any atom is -0.478 e. The summed E-state index contributed by atoms with van der Waals surface area (Å²) in [5.74, 6) is -0.780. The molecule has 0 spiro atoms. The fraction of sp³-hybridized carbons (Fsp3) is 0.300. The Morgan fingerprint density at radius 3 is 1.88 bits per heavy atom. The van der Waals surface area contributed by atoms with Gasteiger partial charge in [0, 0.05) is 29.8 Å². The van der Waals surface area contributed by atoms with Gasteiger partial charge in [-0.2, -0.15) is 0 Å². The van der Waals surface area contributed by atoms with Crippen LogP contribution in [0.4, 0.5) is 0 Å². The lowest BCUT2D eigenvalue weighted by atomic mass is 10.1. The lowest BCUT2D eigenvalue weighted by molar-refractivity contribution is 0.0688. The second-order valence-corrected chi connectivity index (χ2v) is 8.11. The predicted molar refractivity (Wildman–Crippen MR) is 71.3 cm³/mol. The molecule has 0 fully saturated rings. The van der Waals surface area contributed by atoms with Crippen molar-refractivity contribution in [1.29, 1.82) is 0 Å². The summed E-state index contributed by atoms with van der Waals surface area (Å²) in [7, 11) is 0. The Hall–Kier alpha value is 0.0900. The highest BCUT2D eigenvalue weighted by Crippen LogP contribution is 2.55. The third-order valence-corrected chi connectivity index (χ3v) is 7.71. The van der Waals surface area contributed by atoms with Crippen LogP contribution in [0.2, 0.25) is 0 Å². The molecule has 2 heterocycles. The molecule has 2 aliphatic heterocycles. The monoisotopic (exact) mass is 288 g/mol. The van der Waals surface area contributed by atoms with Crippen molar-refractivity contribution in [3.8, 4) is 0 Å². The van der Waals surface area contributed by atoms with Gasteiger partial charge >= 0.3 is 5.97 Å². The number of carboxylic acids is 1. The molecule has 0 atom stereocenters. The second kappa shape index (κ2) is 4.08. The Morgan fingerprint density at radius 2 is 1.44 bits per heavy atom. The number of aromatic carboxylic acids is 1. The van der Waals surface area contributed by atoms with E-state index in [1.165, 1.54) is 15.4 Å². The summed E-state index contributed by atoms with van der Waals surface area (Å²) < 4.78 is 0. The number of hydrogen-bond donors (Lipinski definition) is 1. The zero-order valence-electron chi connectivity index (χ0n) is 8.40. The maximum absolute atomic E-state index is 11.4. The fourth-order valence-corrected chi connectivity index (χ4v) is 7.42. The smallest absolute Gasteiger partial charge is 0.338 e. The number of benzene rings is 1. The van der Waals surface area contributed by atoms with Crippen LogP contribution in [0.15, 0.2) is 19.6 Å². The lowest BCUT2D eigenvalue weighted by Gasteiger charge is -2.12. The zero-order chi connectivity index (χ0) is 11.3. The van der Waals surface area contributed by atoms with Crippen LogP contribution < -0.4 is 0 Å². The summed E-state index contributed by atoms with van der Waals surface area (Å²) >= 11 is 6.86. The van der Waals surface area contributed by atoms with Gasteiger partial charge in [0.2, 0.25) is 0 Å². The van der Waals surface area contributed by atoms with Crippen LogP contribution in [-0.2, 0) is 0 Å². The van der Waals surface area contributed by atoms with Crippen molar-refractivity contribution in [1.82, 2.24) is 0 Å². The Balaban J connectivity index is 2.36. The molecule has 0 unspecified atom stereocenters. The highest BCUT2D eigenvalue weighted by Gasteiger charge is 2.31. The van der Waals surface area contributed by atoms with Crippen molar-refractivity contribution in [3.63, 3.8) is 0 Å². The molecule has 84 valence electrons. The normalized spacial score (nSPS) is 17.3. The van der Waals surface area contributed by atoms with E-state index in [2.05, 4.69) is 6.92 Å². The molecule has 1 aromatic rings. The third kappa shape index (κ3) is 1.50. The molecule has 16 heavy (non-hydrogen) atoms. The molecule has 0 radical (unpaired) electrons. The molecule has 3 rings (SSSR count). The average Bonchev–Trinajstić information content (AvgIpc) is 2.84. The molecule has 2 aliphatic rings. The first kappa shape index (κ1) is 11.2. The number of fused-ring (bicyclic) bond motifs is 2. The molecule has 0 aromatic heterocycles. The minimum atomic E-state index is -0.780. The van der Waals surface area contributed by atoms with E-state index >= 15 is 0 Å². The van der Waals surface area contributed by atoms with Gasteiger partial charge in [-0.05, 0) is 12.5 Å². The van der Waals surface area contributed by atoms with E-state index in [1.807, 2.05) is 0 Å². The van der Waals surface area contributed by atoms with Gasteiger partial charge in [-0.1, -0.05) is 0 Å². The first-order chi connectivity index (χ1) is 7.70. The topological polar surface area (TPSA) is 37.3 Å². The maximum atomic E-state index is 11.4. The van der Waals surface area contributed by atoms with Crippen LogP contribution in [0, 0.1) is 6.92 Å². The molecule has 1 aromatic carbocycles. The third-order valence-electron chi connectivity index (χ3n) is 2.57. The van der Waals surface area contributed by atoms with Gasteiger partial charge in [0.25, 0.3) is 0 Å². The Kier molecular flexibility index (Phi) is 2.86. The van der Waals surface area contributed by atoms with Crippen molar-refractivity contribution in [3.05, 3.63) is 11.1 Å². The summed E-state index contributed by atoms with van der Waals surface area (Å²) in [6.07, 6.45) is 0. The van der Waals surface area contributed by atoms with Gasteiger partial charge in [-0.15, -0.1) is 47.0 Å². The summed E-state index contributed by atoms with van der Waals surface area (Å²) in [5.41, 5.74) is 1.82. The second-order valence-electron chi connectivity index (χ2n) is 3.43. The van der Waals surface area contributed by atoms with E-state index in [9.17, 15) is 9.90 Å². The largest absolute Gasteiger partial charge is 0.478 e. The number of thioether (sulfide) groups is 4. The van der Waals surface area contributed by atoms with Crippen LogP contribution in [0.5, 0.6) is 0 Å². The number of hydrogen-bond acceptors (Lipinski definition) is 5. The Labute approximate surface area is 110 Å². The molecular weight excluding hydrogens is 280 g/mol. The van der Waals surface area contributed by atoms with Gasteiger partial charge in [-0.25, -0.2) is 4.79 Å². The van der Waals surface area contributed by atoms with Crippen molar-refractivity contribution in [2.75, 3.05) is 10.2 Å². The molecule has 0 saturated carbocycles. The van der Waals surface area contributed by atoms with E-state index in [1.54, 1.807) is 47.0 Å². The van der Waals surface area contributed by atoms with Crippen LogP contribution in [-0.4, -0.2) is 21.2 Å². The maximum Gasteiger partial charge on any atom is 0.338 e. The van der Waals surface area contributed by atoms with Crippen molar-refractivity contribution in [2.45, 2.75) is 26.5 Å². The quantitative estimate of drug-likeness (QED) is 0.841. The molecule has 0 saturated heterocycles. The van der Waals surface area contributed by atoms with Crippen molar-refractivity contribution >= 4 is 53.0 Å². The summed E-state index contributed by atoms with van der Waals surface area (Å²) in [6, 6.07) is 0. The van der Waals surface area contributed by atoms with Gasteiger partial charge in [0.15, 0.2) is 0 Å². The molecule has 0 amide bonds. The van der Waals surface area contributed by atoms with Crippen molar-refractivity contribution < 1.29 is 9.90 Å². The molecule has 2 nitrogen and oxygen atoms in total. The highest BCUT2D eigenvalue weighted by molar-refractivity contribution is 8.19. The molecule has 6 heteroatoms. The lowest BCUT2D eigenvalue weighted by Crippen LogP contribution is -2.03. The minimum absolute atomic E-state index is 0.542. The predicted octanol–water partition coefficient (Wildman–Crippen LogP) is 4.00. The molecular formula is C10H8O2S4. The number of carboxylic acid groups (broad SMARTS) is 1. The fourth-order valence-electron chi connectivity index (χ4n) is 1.89. The SMILES string of the molecule is Cc1c2c(c(C(=O)O)c3c1SCS3)SCS2. The Bertz CT molecular complexity index is 463. The van der Waals surface area contributed by atoms with E-state index < -0.39 is 5.97 Å². The number of carbonyl (C=O) groups is 1. The van der Waals surface area contributed by atoms with E-state index in [0.29, 0.717) is 5.56 Å². The van der Waals surface area contributed by atoms with E-state index in [4.69, 9.17) is 0 Å². The van der Waals surface area contributed by atoms with Crippen molar-refractivity contribution in [2.24, 2.45) is 0 Å². The summed E-state index contributed by atoms with van der Waals surface area (Å²) in [4.78, 5) is 15.7. The van der Waals surface area contributed by atoms with E-state index in [0.717, 1.165) is 20.0 Å². The Morgan fingerprint density at radius 1 is 1.00 bits per heavy atom. The zero-order valence-corrected chi connectivity index (χ0v) is 11.7. The van der Waals surface area contributed by atoms with Crippen LogP contribution >= 0.6 is 47.0 Å². The van der Waals surface area contributed by atoms with Gasteiger partial charge in [-0.3, -0.25) is 0 Å². The van der Waals surface area contributed by atoms with Gasteiger partial charge < -0.3 is 5.11 Å². The van der Waals surface area contributed by atoms with Gasteiger partial charge in [0.05, 0.1) is 5.56 Å². The first-order valence-corrected chi connectivity index (χ1v) is 8.59. The van der Waals surface area contributed by atoms with Crippen LogP contribution in [0.25, 0.3) is 0 Å². The van der Waals surface area contributed by atoms with Crippen LogP contribution in [0.3, 0.4) is 0 Å². The summed E-state index contributed by atoms with van der Waals surface area (Å²) in [6.45, 7) is 2.11.